The van der Waals surface area contributed by atoms with E-state index in [2.05, 4.69) is 4.90 Å². The van der Waals surface area contributed by atoms with E-state index in [4.69, 9.17) is 9.15 Å². The van der Waals surface area contributed by atoms with E-state index >= 15 is 0 Å². The number of rotatable bonds is 5. The predicted octanol–water partition coefficient (Wildman–Crippen LogP) is 4.39. The third-order valence-electron chi connectivity index (χ3n) is 6.02. The number of carbonyl (C=O) groups excluding carboxylic acids is 1. The lowest BCUT2D eigenvalue weighted by Gasteiger charge is -2.36. The number of hydrogen-bond donors (Lipinski definition) is 0. The SMILES string of the molecule is COc1ccccc1N1CCN(C(=O)c2cc3occc3n2Cc2ccccc2F)CC1. The molecule has 1 aliphatic heterocycles. The standard InChI is InChI=1S/C25H24FN3O3/c1-31-23-9-5-4-8-20(23)27-11-13-28(14-12-27)25(30)22-16-24-21(10-15-32-24)29(22)17-18-6-2-3-7-19(18)26/h2-10,15-16H,11-14,17H2,1H3. The molecule has 0 N–H and O–H groups in total. The predicted molar refractivity (Wildman–Crippen MR) is 121 cm³/mol. The largest absolute Gasteiger partial charge is 0.495 e. The average molecular weight is 433 g/mol. The summed E-state index contributed by atoms with van der Waals surface area (Å²) < 4.78 is 27.2. The van der Waals surface area contributed by atoms with Gasteiger partial charge in [-0.3, -0.25) is 4.79 Å². The van der Waals surface area contributed by atoms with Crippen LogP contribution in [0, 0.1) is 5.82 Å². The minimum absolute atomic E-state index is 0.0765. The Morgan fingerprint density at radius 3 is 2.56 bits per heavy atom. The van der Waals surface area contributed by atoms with Gasteiger partial charge in [0.15, 0.2) is 5.58 Å². The van der Waals surface area contributed by atoms with Crippen molar-refractivity contribution in [1.82, 2.24) is 9.47 Å². The van der Waals surface area contributed by atoms with Crippen LogP contribution in [0.5, 0.6) is 5.75 Å². The highest BCUT2D eigenvalue weighted by atomic mass is 19.1. The molecule has 5 rings (SSSR count). The Balaban J connectivity index is 1.38. The van der Waals surface area contributed by atoms with E-state index in [9.17, 15) is 9.18 Å². The summed E-state index contributed by atoms with van der Waals surface area (Å²) in [5.74, 6) is 0.459. The number of aromatic nitrogens is 1. The van der Waals surface area contributed by atoms with Gasteiger partial charge in [-0.25, -0.2) is 4.39 Å². The molecule has 6 nitrogen and oxygen atoms in total. The molecule has 0 unspecified atom stereocenters. The van der Waals surface area contributed by atoms with Gasteiger partial charge < -0.3 is 23.5 Å². The number of amides is 1. The average Bonchev–Trinajstić information content (AvgIpc) is 3.42. The van der Waals surface area contributed by atoms with Gasteiger partial charge in [-0.05, 0) is 18.2 Å². The molecule has 3 heterocycles. The van der Waals surface area contributed by atoms with E-state index in [1.807, 2.05) is 39.8 Å². The number of anilines is 1. The quantitative estimate of drug-likeness (QED) is 0.468. The van der Waals surface area contributed by atoms with Crippen molar-refractivity contribution in [3.8, 4) is 5.75 Å². The second kappa shape index (κ2) is 8.42. The second-order valence-corrected chi connectivity index (χ2v) is 7.83. The monoisotopic (exact) mass is 433 g/mol. The van der Waals surface area contributed by atoms with Gasteiger partial charge in [-0.2, -0.15) is 0 Å². The molecule has 2 aromatic heterocycles. The van der Waals surface area contributed by atoms with Gasteiger partial charge in [-0.15, -0.1) is 0 Å². The van der Waals surface area contributed by atoms with E-state index in [-0.39, 0.29) is 18.3 Å². The lowest BCUT2D eigenvalue weighted by Crippen LogP contribution is -2.49. The highest BCUT2D eigenvalue weighted by Gasteiger charge is 2.27. The zero-order valence-corrected chi connectivity index (χ0v) is 17.8. The number of furan rings is 1. The maximum Gasteiger partial charge on any atom is 0.270 e. The maximum absolute atomic E-state index is 14.3. The topological polar surface area (TPSA) is 50.9 Å². The number of hydrogen-bond acceptors (Lipinski definition) is 4. The molecule has 2 aromatic carbocycles. The van der Waals surface area contributed by atoms with E-state index in [1.165, 1.54) is 6.07 Å². The lowest BCUT2D eigenvalue weighted by atomic mass is 10.2. The van der Waals surface area contributed by atoms with Crippen LogP contribution in [0.1, 0.15) is 16.1 Å². The minimum Gasteiger partial charge on any atom is -0.495 e. The molecule has 0 spiro atoms. The first-order valence-electron chi connectivity index (χ1n) is 10.6. The van der Waals surface area contributed by atoms with Crippen LogP contribution in [-0.4, -0.2) is 48.7 Å². The van der Waals surface area contributed by atoms with Crippen LogP contribution in [0.3, 0.4) is 0 Å². The van der Waals surface area contributed by atoms with Crippen LogP contribution in [0.2, 0.25) is 0 Å². The van der Waals surface area contributed by atoms with Gasteiger partial charge in [0.25, 0.3) is 5.91 Å². The fourth-order valence-electron chi connectivity index (χ4n) is 4.33. The van der Waals surface area contributed by atoms with Crippen molar-refractivity contribution in [2.75, 3.05) is 38.2 Å². The molecule has 0 saturated carbocycles. The van der Waals surface area contributed by atoms with E-state index in [1.54, 1.807) is 37.6 Å². The molecule has 1 aliphatic rings. The Labute approximate surface area is 185 Å². The summed E-state index contributed by atoms with van der Waals surface area (Å²) in [6, 6.07) is 18.1. The first-order chi connectivity index (χ1) is 15.7. The summed E-state index contributed by atoms with van der Waals surface area (Å²) in [5, 5.41) is 0. The number of methoxy groups -OCH3 is 1. The van der Waals surface area contributed by atoms with Crippen molar-refractivity contribution in [1.29, 1.82) is 0 Å². The summed E-state index contributed by atoms with van der Waals surface area (Å²) in [5.41, 5.74) is 3.47. The summed E-state index contributed by atoms with van der Waals surface area (Å²) in [7, 11) is 1.66. The third kappa shape index (κ3) is 3.60. The Morgan fingerprint density at radius 1 is 1.03 bits per heavy atom. The number of carbonyl (C=O) groups is 1. The molecular weight excluding hydrogens is 409 g/mol. The molecule has 164 valence electrons. The summed E-state index contributed by atoms with van der Waals surface area (Å²) in [4.78, 5) is 17.5. The molecule has 0 radical (unpaired) electrons. The van der Waals surface area contributed by atoms with Crippen molar-refractivity contribution < 1.29 is 18.3 Å². The van der Waals surface area contributed by atoms with Crippen LogP contribution in [0.25, 0.3) is 11.1 Å². The van der Waals surface area contributed by atoms with Crippen LogP contribution < -0.4 is 9.64 Å². The second-order valence-electron chi connectivity index (χ2n) is 7.83. The van der Waals surface area contributed by atoms with Gasteiger partial charge in [0.05, 0.1) is 31.1 Å². The lowest BCUT2D eigenvalue weighted by molar-refractivity contribution is 0.0736. The maximum atomic E-state index is 14.3. The highest BCUT2D eigenvalue weighted by molar-refractivity contribution is 5.97. The van der Waals surface area contributed by atoms with Crippen LogP contribution in [0.4, 0.5) is 10.1 Å². The summed E-state index contributed by atoms with van der Waals surface area (Å²) >= 11 is 0. The Kier molecular flexibility index (Phi) is 5.31. The smallest absolute Gasteiger partial charge is 0.270 e. The molecule has 1 fully saturated rings. The third-order valence-corrected chi connectivity index (χ3v) is 6.02. The van der Waals surface area contributed by atoms with Crippen molar-refractivity contribution in [3.63, 3.8) is 0 Å². The first kappa shape index (κ1) is 20.2. The first-order valence-corrected chi connectivity index (χ1v) is 10.6. The molecule has 1 saturated heterocycles. The van der Waals surface area contributed by atoms with Gasteiger partial charge in [0.1, 0.15) is 17.3 Å². The number of para-hydroxylation sites is 2. The Hall–Kier alpha value is -3.74. The molecule has 0 atom stereocenters. The molecule has 7 heteroatoms. The normalized spacial score (nSPS) is 14.2. The van der Waals surface area contributed by atoms with E-state index < -0.39 is 0 Å². The number of piperazine rings is 1. The minimum atomic E-state index is -0.290. The number of ether oxygens (including phenoxy) is 1. The van der Waals surface area contributed by atoms with E-state index in [0.29, 0.717) is 43.0 Å². The van der Waals surface area contributed by atoms with Gasteiger partial charge in [-0.1, -0.05) is 30.3 Å². The zero-order chi connectivity index (χ0) is 22.1. The van der Waals surface area contributed by atoms with Crippen molar-refractivity contribution in [2.24, 2.45) is 0 Å². The molecule has 32 heavy (non-hydrogen) atoms. The number of fused-ring (bicyclic) bond motifs is 1. The van der Waals surface area contributed by atoms with E-state index in [0.717, 1.165) is 17.0 Å². The van der Waals surface area contributed by atoms with Gasteiger partial charge in [0, 0.05) is 43.9 Å². The fourth-order valence-corrected chi connectivity index (χ4v) is 4.33. The van der Waals surface area contributed by atoms with Crippen molar-refractivity contribution in [3.05, 3.63) is 84.0 Å². The van der Waals surface area contributed by atoms with Crippen LogP contribution >= 0.6 is 0 Å². The van der Waals surface area contributed by atoms with Crippen LogP contribution in [-0.2, 0) is 6.54 Å². The number of halogens is 1. The van der Waals surface area contributed by atoms with Gasteiger partial charge in [0.2, 0.25) is 0 Å². The molecule has 4 aromatic rings. The number of benzene rings is 2. The van der Waals surface area contributed by atoms with Gasteiger partial charge >= 0.3 is 0 Å². The Morgan fingerprint density at radius 2 is 1.78 bits per heavy atom. The molecule has 1 amide bonds. The molecular formula is C25H24FN3O3. The Bertz CT molecular complexity index is 1250. The van der Waals surface area contributed by atoms with Crippen molar-refractivity contribution >= 4 is 22.7 Å². The molecule has 0 aliphatic carbocycles. The number of nitrogens with zero attached hydrogens (tertiary/aromatic N) is 3. The van der Waals surface area contributed by atoms with Crippen molar-refractivity contribution in [2.45, 2.75) is 6.54 Å². The summed E-state index contributed by atoms with van der Waals surface area (Å²) in [6.07, 6.45) is 1.59. The highest BCUT2D eigenvalue weighted by Crippen LogP contribution is 2.29. The fraction of sp³-hybridized carbons (Fsp3) is 0.240. The zero-order valence-electron chi connectivity index (χ0n) is 17.8. The van der Waals surface area contributed by atoms with Crippen LogP contribution in [0.15, 0.2) is 71.3 Å². The summed E-state index contributed by atoms with van der Waals surface area (Å²) in [6.45, 7) is 2.84. The molecule has 0 bridgehead atoms.